The highest BCUT2D eigenvalue weighted by Gasteiger charge is 2.19. The quantitative estimate of drug-likeness (QED) is 0.218. The first-order valence-electron chi connectivity index (χ1n) is 9.90. The fourth-order valence-corrected chi connectivity index (χ4v) is 2.99. The van der Waals surface area contributed by atoms with Crippen LogP contribution in [0.4, 0.5) is 26.2 Å². The number of rotatable bonds is 8. The number of amides is 1. The second-order valence-corrected chi connectivity index (χ2v) is 7.00. The first kappa shape index (κ1) is 26.6. The number of aromatic nitrogens is 4. The molecule has 0 aliphatic rings. The largest absolute Gasteiger partial charge is 0.483 e. The van der Waals surface area contributed by atoms with Gasteiger partial charge in [-0.05, 0) is 18.6 Å². The van der Waals surface area contributed by atoms with Crippen LogP contribution in [-0.4, -0.2) is 62.1 Å². The summed E-state index contributed by atoms with van der Waals surface area (Å²) in [6.45, 7) is -0.212. The number of halogens is 2. The van der Waals surface area contributed by atoms with E-state index in [0.29, 0.717) is 5.69 Å². The van der Waals surface area contributed by atoms with Crippen molar-refractivity contribution >= 4 is 47.0 Å². The van der Waals surface area contributed by atoms with Crippen LogP contribution in [0.25, 0.3) is 11.2 Å². The van der Waals surface area contributed by atoms with Crippen LogP contribution in [0.3, 0.4) is 0 Å². The highest BCUT2D eigenvalue weighted by Crippen LogP contribution is 2.26. The molecule has 3 aromatic rings. The lowest BCUT2D eigenvalue weighted by Gasteiger charge is -2.21. The van der Waals surface area contributed by atoms with Crippen molar-refractivity contribution < 1.29 is 33.4 Å². The van der Waals surface area contributed by atoms with Crippen LogP contribution in [0, 0.1) is 11.6 Å². The number of carbonyl (C=O) groups excluding carboxylic acids is 1. The van der Waals surface area contributed by atoms with E-state index in [1.54, 1.807) is 0 Å². The molecular weight excluding hydrogens is 470 g/mol. The molecule has 0 radical (unpaired) electrons. The van der Waals surface area contributed by atoms with Crippen molar-refractivity contribution in [1.82, 2.24) is 25.3 Å². The first-order valence-corrected chi connectivity index (χ1v) is 9.90. The Bertz CT molecular complexity index is 1220. The minimum absolute atomic E-state index is 0.0265. The molecule has 15 heteroatoms. The van der Waals surface area contributed by atoms with Gasteiger partial charge in [0.05, 0.1) is 18.4 Å². The molecule has 0 saturated heterocycles. The first-order chi connectivity index (χ1) is 16.6. The Morgan fingerprint density at radius 3 is 2.40 bits per heavy atom. The minimum atomic E-state index is -1.00. The van der Waals surface area contributed by atoms with Gasteiger partial charge < -0.3 is 31.9 Å². The van der Waals surface area contributed by atoms with Crippen molar-refractivity contribution in [2.45, 2.75) is 19.4 Å². The lowest BCUT2D eigenvalue weighted by molar-refractivity contribution is -0.137. The number of hydrogen-bond acceptors (Lipinski definition) is 10. The number of carboxylic acid groups (broad SMARTS) is 2. The maximum Gasteiger partial charge on any atom is 0.303 e. The van der Waals surface area contributed by atoms with E-state index in [2.05, 4.69) is 25.3 Å². The molecule has 13 nitrogen and oxygen atoms in total. The van der Waals surface area contributed by atoms with Gasteiger partial charge in [0.2, 0.25) is 5.95 Å². The third-order valence-electron chi connectivity index (χ3n) is 4.41. The Balaban J connectivity index is 0.00000137. The molecule has 2 aromatic heterocycles. The van der Waals surface area contributed by atoms with Crippen LogP contribution in [0.15, 0.2) is 18.3 Å². The number of benzene rings is 1. The average molecular weight is 492 g/mol. The third kappa shape index (κ3) is 7.15. The van der Waals surface area contributed by atoms with Crippen molar-refractivity contribution in [3.8, 4) is 0 Å². The third-order valence-corrected chi connectivity index (χ3v) is 4.41. The summed E-state index contributed by atoms with van der Waals surface area (Å²) < 4.78 is 29.3. The SMILES string of the molecule is CN(Cc1cnc2nc(N)nc(N)c2n1)c1c(F)cc(C(=O)NCCCC(=O)O)cc1F.O=CO. The zero-order chi connectivity index (χ0) is 26.1. The predicted octanol–water partition coefficient (Wildman–Crippen LogP) is 0.794. The number of nitrogen functional groups attached to an aromatic ring is 2. The molecule has 186 valence electrons. The summed E-state index contributed by atoms with van der Waals surface area (Å²) in [5.74, 6) is -3.64. The van der Waals surface area contributed by atoms with E-state index < -0.39 is 23.5 Å². The highest BCUT2D eigenvalue weighted by atomic mass is 19.1. The number of nitrogens with one attached hydrogen (secondary N) is 1. The lowest BCUT2D eigenvalue weighted by Crippen LogP contribution is -2.26. The van der Waals surface area contributed by atoms with E-state index in [4.69, 9.17) is 26.5 Å². The number of carboxylic acids is 1. The predicted molar refractivity (Wildman–Crippen MR) is 120 cm³/mol. The molecule has 0 saturated carbocycles. The van der Waals surface area contributed by atoms with Gasteiger partial charge in [-0.3, -0.25) is 14.4 Å². The van der Waals surface area contributed by atoms with E-state index in [1.807, 2.05) is 0 Å². The van der Waals surface area contributed by atoms with Crippen molar-refractivity contribution in [2.24, 2.45) is 0 Å². The maximum atomic E-state index is 14.7. The molecule has 0 fully saturated rings. The number of aliphatic carboxylic acids is 1. The molecule has 1 aromatic carbocycles. The number of hydrogen-bond donors (Lipinski definition) is 5. The van der Waals surface area contributed by atoms with E-state index in [0.717, 1.165) is 12.1 Å². The second kappa shape index (κ2) is 12.0. The molecule has 7 N–H and O–H groups in total. The molecular formula is C20H22F2N8O5. The number of anilines is 3. The van der Waals surface area contributed by atoms with Crippen molar-refractivity contribution in [2.75, 3.05) is 30.0 Å². The number of nitrogens with zero attached hydrogens (tertiary/aromatic N) is 5. The summed E-state index contributed by atoms with van der Waals surface area (Å²) in [5.41, 5.74) is 11.5. The smallest absolute Gasteiger partial charge is 0.303 e. The van der Waals surface area contributed by atoms with Crippen LogP contribution in [0.5, 0.6) is 0 Å². The Kier molecular flexibility index (Phi) is 9.08. The van der Waals surface area contributed by atoms with E-state index in [9.17, 15) is 18.4 Å². The Morgan fingerprint density at radius 2 is 1.80 bits per heavy atom. The zero-order valence-corrected chi connectivity index (χ0v) is 18.4. The molecule has 0 bridgehead atoms. The van der Waals surface area contributed by atoms with Crippen molar-refractivity contribution in [1.29, 1.82) is 0 Å². The summed E-state index contributed by atoms with van der Waals surface area (Å²) in [7, 11) is 1.45. The van der Waals surface area contributed by atoms with E-state index in [1.165, 1.54) is 18.1 Å². The Morgan fingerprint density at radius 1 is 1.17 bits per heavy atom. The molecule has 0 atom stereocenters. The second-order valence-electron chi connectivity index (χ2n) is 7.00. The molecule has 2 heterocycles. The minimum Gasteiger partial charge on any atom is -0.483 e. The maximum absolute atomic E-state index is 14.7. The zero-order valence-electron chi connectivity index (χ0n) is 18.4. The van der Waals surface area contributed by atoms with E-state index >= 15 is 0 Å². The number of fused-ring (bicyclic) bond motifs is 1. The molecule has 0 aliphatic carbocycles. The Hall–Kier alpha value is -4.69. The lowest BCUT2D eigenvalue weighted by atomic mass is 10.1. The van der Waals surface area contributed by atoms with Gasteiger partial charge in [-0.1, -0.05) is 0 Å². The number of carbonyl (C=O) groups is 3. The van der Waals surface area contributed by atoms with Crippen LogP contribution in [0.2, 0.25) is 0 Å². The monoisotopic (exact) mass is 492 g/mol. The summed E-state index contributed by atoms with van der Waals surface area (Å²) in [4.78, 5) is 48.3. The topological polar surface area (TPSA) is 211 Å². The van der Waals surface area contributed by atoms with Crippen LogP contribution in [0.1, 0.15) is 28.9 Å². The molecule has 35 heavy (non-hydrogen) atoms. The van der Waals surface area contributed by atoms with Gasteiger partial charge >= 0.3 is 5.97 Å². The molecule has 3 rings (SSSR count). The van der Waals surface area contributed by atoms with Crippen LogP contribution >= 0.6 is 0 Å². The molecule has 0 spiro atoms. The van der Waals surface area contributed by atoms with Gasteiger partial charge in [0.1, 0.15) is 17.3 Å². The number of nitrogens with two attached hydrogens (primary N) is 2. The van der Waals surface area contributed by atoms with Gasteiger partial charge in [0.25, 0.3) is 12.4 Å². The summed E-state index contributed by atoms with van der Waals surface area (Å²) in [5, 5.41) is 17.9. The standard InChI is InChI=1S/C19H20F2N8O3.CH2O2/c1-29(8-10-7-25-17-14(26-10)16(22)27-19(23)28-17)15-11(20)5-9(6-12(15)21)18(32)24-4-2-3-13(30)31;2-1-3/h5-7H,2-4,8H2,1H3,(H,24,32)(H,30,31)(H4,22,23,25,27,28);1H,(H,2,3). The van der Waals surface area contributed by atoms with Gasteiger partial charge in [0, 0.05) is 25.6 Å². The molecule has 0 aliphatic heterocycles. The summed E-state index contributed by atoms with van der Waals surface area (Å²) in [6.07, 6.45) is 1.44. The normalized spacial score (nSPS) is 10.3. The van der Waals surface area contributed by atoms with Gasteiger partial charge in [-0.15, -0.1) is 0 Å². The van der Waals surface area contributed by atoms with Gasteiger partial charge in [-0.2, -0.15) is 9.97 Å². The van der Waals surface area contributed by atoms with Crippen molar-refractivity contribution in [3.05, 3.63) is 41.2 Å². The molecule has 0 unspecified atom stereocenters. The molecule has 1 amide bonds. The van der Waals surface area contributed by atoms with Crippen molar-refractivity contribution in [3.63, 3.8) is 0 Å². The Labute approximate surface area is 196 Å². The summed E-state index contributed by atoms with van der Waals surface area (Å²) in [6, 6.07) is 1.81. The fourth-order valence-electron chi connectivity index (χ4n) is 2.99. The highest BCUT2D eigenvalue weighted by molar-refractivity contribution is 5.94. The van der Waals surface area contributed by atoms with Crippen LogP contribution < -0.4 is 21.7 Å². The van der Waals surface area contributed by atoms with Gasteiger partial charge in [-0.25, -0.2) is 18.7 Å². The summed E-state index contributed by atoms with van der Waals surface area (Å²) >= 11 is 0. The van der Waals surface area contributed by atoms with E-state index in [-0.39, 0.29) is 66.6 Å². The van der Waals surface area contributed by atoms with Gasteiger partial charge in [0.15, 0.2) is 17.0 Å². The van der Waals surface area contributed by atoms with Crippen LogP contribution in [-0.2, 0) is 16.1 Å². The average Bonchev–Trinajstić information content (AvgIpc) is 2.77. The fraction of sp³-hybridized carbons (Fsp3) is 0.250.